The lowest BCUT2D eigenvalue weighted by molar-refractivity contribution is 1.22. The van der Waals surface area contributed by atoms with Gasteiger partial charge in [0, 0.05) is 0 Å². The first-order valence-electron chi connectivity index (χ1n) is 4.50. The normalized spacial score (nSPS) is 12.8. The Bertz CT molecular complexity index is 222. The van der Waals surface area contributed by atoms with Crippen molar-refractivity contribution in [2.75, 3.05) is 0 Å². The smallest absolute Gasteiger partial charge is 0.0588 e. The molecule has 0 N–H and O–H groups in total. The molecule has 0 aliphatic rings. The van der Waals surface area contributed by atoms with Crippen LogP contribution < -0.4 is 0 Å². The Balaban J connectivity index is 3.60. The molecule has 0 heterocycles. The van der Waals surface area contributed by atoms with E-state index >= 15 is 0 Å². The van der Waals surface area contributed by atoms with Crippen molar-refractivity contribution in [3.05, 3.63) is 34.3 Å². The summed E-state index contributed by atoms with van der Waals surface area (Å²) < 4.78 is 15.3. The van der Waals surface area contributed by atoms with Crippen molar-refractivity contribution >= 4 is 0 Å². The lowest BCUT2D eigenvalue weighted by Gasteiger charge is -2.06. The molecule has 0 nitrogen and oxygen atoms in total. The Hall–Kier alpha value is -0.780. The first kappa shape index (κ1) is 4.95. The summed E-state index contributed by atoms with van der Waals surface area (Å²) in [6, 6.07) is 0.742. The third-order valence-corrected chi connectivity index (χ3v) is 2.12. The highest BCUT2D eigenvalue weighted by Crippen LogP contribution is 2.15. The third-order valence-electron chi connectivity index (χ3n) is 2.12. The van der Waals surface area contributed by atoms with Crippen LogP contribution in [0.5, 0.6) is 0 Å². The Morgan fingerprint density at radius 2 is 1.20 bits per heavy atom. The van der Waals surface area contributed by atoms with Crippen molar-refractivity contribution in [3.8, 4) is 0 Å². The quantitative estimate of drug-likeness (QED) is 0.514. The van der Waals surface area contributed by atoms with Crippen LogP contribution in [0.1, 0.15) is 25.0 Å². The van der Waals surface area contributed by atoms with Crippen LogP contribution in [0.3, 0.4) is 0 Å². The van der Waals surface area contributed by atoms with Gasteiger partial charge in [0.15, 0.2) is 0 Å². The SMILES string of the molecule is [2H]c1c([2H])c(C)c(C)c(C)c1C. The van der Waals surface area contributed by atoms with E-state index in [-0.39, 0.29) is 0 Å². The fraction of sp³-hybridized carbons (Fsp3) is 0.400. The van der Waals surface area contributed by atoms with E-state index in [0.29, 0.717) is 12.1 Å². The van der Waals surface area contributed by atoms with Gasteiger partial charge < -0.3 is 0 Å². The van der Waals surface area contributed by atoms with Crippen molar-refractivity contribution in [2.45, 2.75) is 27.7 Å². The summed E-state index contributed by atoms with van der Waals surface area (Å²) in [5.74, 6) is 0. The molecule has 0 radical (unpaired) electrons. The molecule has 0 fully saturated rings. The van der Waals surface area contributed by atoms with Crippen LogP contribution in [0.4, 0.5) is 0 Å². The molecule has 0 spiro atoms. The van der Waals surface area contributed by atoms with E-state index in [1.54, 1.807) is 0 Å². The summed E-state index contributed by atoms with van der Waals surface area (Å²) in [6.07, 6.45) is 0. The van der Waals surface area contributed by atoms with Gasteiger partial charge in [0.25, 0.3) is 0 Å². The molecule has 0 unspecified atom stereocenters. The predicted octanol–water partition coefficient (Wildman–Crippen LogP) is 2.92. The number of hydrogen-bond acceptors (Lipinski definition) is 0. The molecule has 0 aliphatic heterocycles. The topological polar surface area (TPSA) is 0 Å². The van der Waals surface area contributed by atoms with Crippen molar-refractivity contribution in [2.24, 2.45) is 0 Å². The molecule has 0 bridgehead atoms. The second-order valence-electron chi connectivity index (χ2n) is 2.75. The maximum atomic E-state index is 7.63. The monoisotopic (exact) mass is 136 g/mol. The van der Waals surface area contributed by atoms with Crippen LogP contribution in [-0.2, 0) is 0 Å². The van der Waals surface area contributed by atoms with Gasteiger partial charge in [-0.15, -0.1) is 0 Å². The fourth-order valence-corrected chi connectivity index (χ4v) is 0.938. The molecule has 1 aromatic carbocycles. The molecule has 0 heteroatoms. The zero-order valence-corrected chi connectivity index (χ0v) is 7.00. The molecule has 0 saturated heterocycles. The summed E-state index contributed by atoms with van der Waals surface area (Å²) in [6.45, 7) is 7.83. The first-order valence-corrected chi connectivity index (χ1v) is 3.50. The minimum Gasteiger partial charge on any atom is -0.0588 e. The lowest BCUT2D eigenvalue weighted by Crippen LogP contribution is -1.88. The van der Waals surface area contributed by atoms with Gasteiger partial charge in [0.2, 0.25) is 0 Å². The third kappa shape index (κ3) is 1.06. The van der Waals surface area contributed by atoms with Crippen molar-refractivity contribution in [3.63, 3.8) is 0 Å². The molecular weight excluding hydrogens is 120 g/mol. The molecule has 1 aromatic rings. The second kappa shape index (κ2) is 2.45. The maximum absolute atomic E-state index is 7.63. The van der Waals surface area contributed by atoms with Crippen molar-refractivity contribution in [1.29, 1.82) is 0 Å². The van der Waals surface area contributed by atoms with E-state index in [9.17, 15) is 0 Å². The Morgan fingerprint density at radius 1 is 0.900 bits per heavy atom. The van der Waals surface area contributed by atoms with Crippen LogP contribution in [0.25, 0.3) is 0 Å². The molecule has 0 atom stereocenters. The summed E-state index contributed by atoms with van der Waals surface area (Å²) in [5.41, 5.74) is 4.16. The highest BCUT2D eigenvalue weighted by molar-refractivity contribution is 5.37. The summed E-state index contributed by atoms with van der Waals surface area (Å²) in [7, 11) is 0. The lowest BCUT2D eigenvalue weighted by atomic mass is 10.0. The molecule has 1 rings (SSSR count). The first-order chi connectivity index (χ1) is 5.46. The highest BCUT2D eigenvalue weighted by atomic mass is 14.0. The Labute approximate surface area is 65.7 Å². The number of rotatable bonds is 0. The van der Waals surface area contributed by atoms with Crippen LogP contribution in [0, 0.1) is 27.7 Å². The van der Waals surface area contributed by atoms with E-state index in [2.05, 4.69) is 0 Å². The van der Waals surface area contributed by atoms with E-state index in [1.807, 2.05) is 27.7 Å². The average Bonchev–Trinajstić information content (AvgIpc) is 2.08. The number of benzene rings is 1. The molecule has 0 aliphatic carbocycles. The molecule has 0 saturated carbocycles. The van der Waals surface area contributed by atoms with Crippen LogP contribution in [-0.4, -0.2) is 0 Å². The fourth-order valence-electron chi connectivity index (χ4n) is 0.938. The molecule has 0 aromatic heterocycles. The second-order valence-corrected chi connectivity index (χ2v) is 2.75. The summed E-state index contributed by atoms with van der Waals surface area (Å²) in [5, 5.41) is 0. The minimum absolute atomic E-state index is 0.371. The number of hydrogen-bond donors (Lipinski definition) is 0. The highest BCUT2D eigenvalue weighted by Gasteiger charge is 1.97. The Kier molecular flexibility index (Phi) is 1.21. The van der Waals surface area contributed by atoms with Crippen molar-refractivity contribution < 1.29 is 2.74 Å². The molecular formula is C10H14. The summed E-state index contributed by atoms with van der Waals surface area (Å²) in [4.78, 5) is 0. The zero-order chi connectivity index (χ0) is 9.46. The Morgan fingerprint density at radius 3 is 1.50 bits per heavy atom. The van der Waals surface area contributed by atoms with Gasteiger partial charge >= 0.3 is 0 Å². The molecule has 0 amide bonds. The molecule has 54 valence electrons. The largest absolute Gasteiger partial charge is 0.0626 e. The summed E-state index contributed by atoms with van der Waals surface area (Å²) >= 11 is 0. The van der Waals surface area contributed by atoms with E-state index in [0.717, 1.165) is 22.3 Å². The minimum atomic E-state index is 0.371. The van der Waals surface area contributed by atoms with Crippen LogP contribution >= 0.6 is 0 Å². The van der Waals surface area contributed by atoms with Crippen LogP contribution in [0.2, 0.25) is 0 Å². The van der Waals surface area contributed by atoms with Gasteiger partial charge in [-0.25, -0.2) is 0 Å². The van der Waals surface area contributed by atoms with E-state index in [1.165, 1.54) is 0 Å². The standard InChI is InChI=1S/C10H14/c1-7-5-6-8(2)10(4)9(7)3/h5-6H,1-4H3/i5D,6D. The predicted molar refractivity (Wildman–Crippen MR) is 45.4 cm³/mol. The average molecular weight is 136 g/mol. The zero-order valence-electron chi connectivity index (χ0n) is 9.00. The van der Waals surface area contributed by atoms with E-state index < -0.39 is 0 Å². The van der Waals surface area contributed by atoms with Crippen molar-refractivity contribution in [1.82, 2.24) is 0 Å². The molecule has 10 heavy (non-hydrogen) atoms. The van der Waals surface area contributed by atoms with Gasteiger partial charge in [-0.3, -0.25) is 0 Å². The van der Waals surface area contributed by atoms with Gasteiger partial charge in [0.05, 0.1) is 2.74 Å². The maximum Gasteiger partial charge on any atom is 0.0626 e. The van der Waals surface area contributed by atoms with E-state index in [4.69, 9.17) is 2.74 Å². The van der Waals surface area contributed by atoms with Gasteiger partial charge in [-0.2, -0.15) is 0 Å². The van der Waals surface area contributed by atoms with Crippen LogP contribution in [0.15, 0.2) is 12.1 Å². The van der Waals surface area contributed by atoms with Gasteiger partial charge in [-0.05, 0) is 49.9 Å². The van der Waals surface area contributed by atoms with Gasteiger partial charge in [-0.1, -0.05) is 12.1 Å². The van der Waals surface area contributed by atoms with Gasteiger partial charge in [0.1, 0.15) is 0 Å².